The number of aliphatic imine (C=N–C) groups is 2. The summed E-state index contributed by atoms with van der Waals surface area (Å²) in [6.45, 7) is 17.1. The second-order valence-electron chi connectivity index (χ2n) is 8.42. The molecule has 3 rings (SSSR count). The zero-order valence-electron chi connectivity index (χ0n) is 19.5. The maximum Gasteiger partial charge on any atom is 0.169 e. The van der Waals surface area contributed by atoms with Crippen LogP contribution in [0.3, 0.4) is 0 Å². The van der Waals surface area contributed by atoms with Gasteiger partial charge >= 0.3 is 0 Å². The van der Waals surface area contributed by atoms with Gasteiger partial charge in [-0.2, -0.15) is 0 Å². The van der Waals surface area contributed by atoms with Crippen LogP contribution < -0.4 is 10.2 Å². The van der Waals surface area contributed by atoms with Gasteiger partial charge in [0, 0.05) is 50.5 Å². The van der Waals surface area contributed by atoms with Crippen LogP contribution in [0.5, 0.6) is 0 Å². The molecule has 0 aromatic heterocycles. The molecule has 166 valence electrons. The number of nitrogens with one attached hydrogen (secondary N) is 1. The molecule has 1 fully saturated rings. The van der Waals surface area contributed by atoms with Crippen molar-refractivity contribution in [3.05, 3.63) is 66.2 Å². The van der Waals surface area contributed by atoms with Crippen molar-refractivity contribution in [3.8, 4) is 0 Å². The van der Waals surface area contributed by atoms with Gasteiger partial charge in [-0.15, -0.1) is 0 Å². The van der Waals surface area contributed by atoms with Crippen LogP contribution in [0.15, 0.2) is 65.0 Å². The molecular formula is C26H37N5. The summed E-state index contributed by atoms with van der Waals surface area (Å²) in [5.41, 5.74) is 7.00. The first-order valence-electron chi connectivity index (χ1n) is 11.3. The summed E-state index contributed by atoms with van der Waals surface area (Å²) in [6, 6.07) is 6.98. The minimum Gasteiger partial charge on any atom is -0.375 e. The zero-order valence-corrected chi connectivity index (χ0v) is 19.5. The predicted octanol–water partition coefficient (Wildman–Crippen LogP) is 4.72. The first-order chi connectivity index (χ1) is 14.9. The minimum absolute atomic E-state index is 0.0899. The van der Waals surface area contributed by atoms with E-state index in [9.17, 15) is 0 Å². The molecule has 0 spiro atoms. The number of rotatable bonds is 7. The molecule has 5 heteroatoms. The van der Waals surface area contributed by atoms with Crippen LogP contribution in [0.2, 0.25) is 0 Å². The van der Waals surface area contributed by atoms with Crippen LogP contribution in [-0.2, 0) is 12.8 Å². The standard InChI is InChI=1S/C26H37N5/c1-7-28-26(27-5)20(3)29-24-15-14-23-13-12-22(18-25(23)30(6)21(24)4)11-10-19(2)31-16-8-9-17-31/h7,12-13,18,24,29H,2-4,8-11,14-17H2,1,5-6H3/b27-26-,28-7-/t24-/m0/s1. The van der Waals surface area contributed by atoms with Gasteiger partial charge in [0.15, 0.2) is 5.84 Å². The predicted molar refractivity (Wildman–Crippen MR) is 134 cm³/mol. The van der Waals surface area contributed by atoms with E-state index in [1.54, 1.807) is 13.3 Å². The van der Waals surface area contributed by atoms with Crippen LogP contribution in [0.1, 0.15) is 43.7 Å². The molecule has 2 aliphatic heterocycles. The Morgan fingerprint density at radius 3 is 2.68 bits per heavy atom. The number of benzene rings is 1. The Morgan fingerprint density at radius 1 is 1.26 bits per heavy atom. The van der Waals surface area contributed by atoms with Crippen molar-refractivity contribution >= 4 is 17.7 Å². The summed E-state index contributed by atoms with van der Waals surface area (Å²) in [4.78, 5) is 13.2. The largest absolute Gasteiger partial charge is 0.375 e. The third-order valence-corrected chi connectivity index (χ3v) is 6.38. The Morgan fingerprint density at radius 2 is 2.00 bits per heavy atom. The smallest absolute Gasteiger partial charge is 0.169 e. The molecule has 0 radical (unpaired) electrons. The Bertz CT molecular complexity index is 889. The second kappa shape index (κ2) is 10.5. The number of amidine groups is 1. The Kier molecular flexibility index (Phi) is 7.72. The number of fused-ring (bicyclic) bond motifs is 1. The number of hydrogen-bond acceptors (Lipinski definition) is 4. The van der Waals surface area contributed by atoms with E-state index in [1.807, 2.05) is 6.92 Å². The number of hydrogen-bond donors (Lipinski definition) is 1. The van der Waals surface area contributed by atoms with E-state index in [1.165, 1.54) is 48.4 Å². The van der Waals surface area contributed by atoms with E-state index in [0.717, 1.165) is 37.1 Å². The quantitative estimate of drug-likeness (QED) is 0.514. The first kappa shape index (κ1) is 22.9. The lowest BCUT2D eigenvalue weighted by molar-refractivity contribution is 0.411. The maximum absolute atomic E-state index is 4.40. The third-order valence-electron chi connectivity index (χ3n) is 6.38. The van der Waals surface area contributed by atoms with Crippen molar-refractivity contribution in [3.63, 3.8) is 0 Å². The van der Waals surface area contributed by atoms with Gasteiger partial charge in [-0.1, -0.05) is 31.9 Å². The van der Waals surface area contributed by atoms with Crippen LogP contribution in [0.4, 0.5) is 5.69 Å². The SMILES string of the molecule is C=C(N[C@H]1CCc2ccc(CCC(=C)N3CCCC3)cc2N(C)C1=C)C(/N=C\C)=N/C. The fourth-order valence-electron chi connectivity index (χ4n) is 4.45. The summed E-state index contributed by atoms with van der Waals surface area (Å²) in [5.74, 6) is 0.625. The topological polar surface area (TPSA) is 43.2 Å². The van der Waals surface area contributed by atoms with Crippen molar-refractivity contribution in [2.45, 2.75) is 51.5 Å². The number of anilines is 1. The summed E-state index contributed by atoms with van der Waals surface area (Å²) >= 11 is 0. The number of likely N-dealkylation sites (N-methyl/N-ethyl adjacent to an activating group) is 1. The second-order valence-corrected chi connectivity index (χ2v) is 8.42. The highest BCUT2D eigenvalue weighted by molar-refractivity contribution is 6.01. The molecule has 1 N–H and O–H groups in total. The molecule has 1 atom stereocenters. The van der Waals surface area contributed by atoms with Crippen molar-refractivity contribution in [1.82, 2.24) is 10.2 Å². The normalized spacial score (nSPS) is 19.5. The van der Waals surface area contributed by atoms with E-state index < -0.39 is 0 Å². The molecule has 0 aliphatic carbocycles. The van der Waals surface area contributed by atoms with E-state index in [2.05, 4.69) is 70.1 Å². The third kappa shape index (κ3) is 5.46. The molecule has 0 bridgehead atoms. The lowest BCUT2D eigenvalue weighted by Crippen LogP contribution is -2.37. The molecule has 1 aromatic rings. The van der Waals surface area contributed by atoms with E-state index in [-0.39, 0.29) is 6.04 Å². The van der Waals surface area contributed by atoms with Crippen LogP contribution >= 0.6 is 0 Å². The lowest BCUT2D eigenvalue weighted by Gasteiger charge is -2.28. The average Bonchev–Trinajstić information content (AvgIpc) is 3.29. The van der Waals surface area contributed by atoms with Crippen molar-refractivity contribution in [1.29, 1.82) is 0 Å². The fraction of sp³-hybridized carbons (Fsp3) is 0.462. The van der Waals surface area contributed by atoms with Crippen molar-refractivity contribution in [2.75, 3.05) is 32.1 Å². The molecule has 0 amide bonds. The van der Waals surface area contributed by atoms with E-state index >= 15 is 0 Å². The number of nitrogens with zero attached hydrogens (tertiary/aromatic N) is 4. The molecule has 2 heterocycles. The van der Waals surface area contributed by atoms with Crippen molar-refractivity contribution < 1.29 is 0 Å². The van der Waals surface area contributed by atoms with Gasteiger partial charge in [0.25, 0.3) is 0 Å². The van der Waals surface area contributed by atoms with Gasteiger partial charge in [-0.25, -0.2) is 4.99 Å². The zero-order chi connectivity index (χ0) is 22.4. The Labute approximate surface area is 188 Å². The number of aryl methyl sites for hydroxylation is 2. The highest BCUT2D eigenvalue weighted by Gasteiger charge is 2.24. The van der Waals surface area contributed by atoms with Crippen LogP contribution in [0.25, 0.3) is 0 Å². The highest BCUT2D eigenvalue weighted by Crippen LogP contribution is 2.32. The number of allylic oxidation sites excluding steroid dienone is 1. The Hall–Kier alpha value is -2.82. The van der Waals surface area contributed by atoms with Crippen LogP contribution in [0, 0.1) is 0 Å². The molecule has 1 aromatic carbocycles. The van der Waals surface area contributed by atoms with Gasteiger partial charge in [0.1, 0.15) is 0 Å². The Balaban J connectivity index is 1.68. The molecule has 5 nitrogen and oxygen atoms in total. The monoisotopic (exact) mass is 419 g/mol. The molecular weight excluding hydrogens is 382 g/mol. The summed E-state index contributed by atoms with van der Waals surface area (Å²) in [6.07, 6.45) is 8.30. The molecule has 0 unspecified atom stereocenters. The van der Waals surface area contributed by atoms with E-state index in [0.29, 0.717) is 5.84 Å². The van der Waals surface area contributed by atoms with Gasteiger partial charge in [-0.3, -0.25) is 4.99 Å². The maximum atomic E-state index is 4.40. The lowest BCUT2D eigenvalue weighted by atomic mass is 10.0. The van der Waals surface area contributed by atoms with Gasteiger partial charge in [0.2, 0.25) is 0 Å². The molecule has 2 aliphatic rings. The first-order valence-corrected chi connectivity index (χ1v) is 11.3. The highest BCUT2D eigenvalue weighted by atomic mass is 15.2. The van der Waals surface area contributed by atoms with E-state index in [4.69, 9.17) is 0 Å². The van der Waals surface area contributed by atoms with Gasteiger partial charge in [-0.05, 0) is 62.6 Å². The minimum atomic E-state index is 0.0899. The summed E-state index contributed by atoms with van der Waals surface area (Å²) in [5, 5.41) is 3.50. The van der Waals surface area contributed by atoms with Gasteiger partial charge < -0.3 is 15.1 Å². The average molecular weight is 420 g/mol. The summed E-state index contributed by atoms with van der Waals surface area (Å²) in [7, 11) is 3.84. The summed E-state index contributed by atoms with van der Waals surface area (Å²) < 4.78 is 0. The molecule has 0 saturated carbocycles. The van der Waals surface area contributed by atoms with Crippen molar-refractivity contribution in [2.24, 2.45) is 9.98 Å². The van der Waals surface area contributed by atoms with Crippen LogP contribution in [-0.4, -0.2) is 50.2 Å². The van der Waals surface area contributed by atoms with Gasteiger partial charge in [0.05, 0.1) is 11.7 Å². The molecule has 1 saturated heterocycles. The number of likely N-dealkylation sites (tertiary alicyclic amines) is 1. The fourth-order valence-corrected chi connectivity index (χ4v) is 4.45. The molecule has 31 heavy (non-hydrogen) atoms.